The van der Waals surface area contributed by atoms with Gasteiger partial charge in [0.2, 0.25) is 0 Å². The summed E-state index contributed by atoms with van der Waals surface area (Å²) in [6.07, 6.45) is 3.52. The van der Waals surface area contributed by atoms with E-state index in [4.69, 9.17) is 9.98 Å². The van der Waals surface area contributed by atoms with Crippen molar-refractivity contribution in [3.63, 3.8) is 0 Å². The van der Waals surface area contributed by atoms with Crippen LogP contribution in [0.1, 0.15) is 59.5 Å². The van der Waals surface area contributed by atoms with Crippen molar-refractivity contribution in [3.05, 3.63) is 94.1 Å². The van der Waals surface area contributed by atoms with E-state index in [9.17, 15) is 9.59 Å². The molecule has 0 saturated carbocycles. The molecule has 2 aliphatic rings. The predicted octanol–water partition coefficient (Wildman–Crippen LogP) is 5.03. The van der Waals surface area contributed by atoms with Crippen LogP contribution >= 0.6 is 0 Å². The van der Waals surface area contributed by atoms with Crippen molar-refractivity contribution in [2.45, 2.75) is 39.8 Å². The Balaban J connectivity index is 1.93. The summed E-state index contributed by atoms with van der Waals surface area (Å²) in [7, 11) is 0. The molecule has 0 spiro atoms. The molecular weight excluding hydrogens is 372 g/mol. The van der Waals surface area contributed by atoms with Crippen LogP contribution in [0.3, 0.4) is 0 Å². The second-order valence-electron chi connectivity index (χ2n) is 8.08. The van der Waals surface area contributed by atoms with Crippen molar-refractivity contribution in [2.75, 3.05) is 0 Å². The smallest absolute Gasteiger partial charge is 0.194 e. The van der Waals surface area contributed by atoms with E-state index in [0.717, 1.165) is 22.6 Å². The average molecular weight is 396 g/mol. The molecule has 30 heavy (non-hydrogen) atoms. The number of aliphatic imine (C=N–C) groups is 2. The molecule has 0 N–H and O–H groups in total. The van der Waals surface area contributed by atoms with Crippen LogP contribution in [0, 0.1) is 0 Å². The highest BCUT2D eigenvalue weighted by Gasteiger charge is 2.33. The molecule has 4 nitrogen and oxygen atoms in total. The van der Waals surface area contributed by atoms with Gasteiger partial charge in [-0.2, -0.15) is 0 Å². The fraction of sp³-hybridized carbons (Fsp3) is 0.231. The highest BCUT2D eigenvalue weighted by Crippen LogP contribution is 2.32. The van der Waals surface area contributed by atoms with Gasteiger partial charge < -0.3 is 0 Å². The molecule has 0 amide bonds. The molecule has 2 aliphatic carbocycles. The minimum atomic E-state index is -0.156. The van der Waals surface area contributed by atoms with Crippen molar-refractivity contribution >= 4 is 23.0 Å². The number of fused-ring (bicyclic) bond motifs is 2. The summed E-state index contributed by atoms with van der Waals surface area (Å²) in [5.74, 6) is -0.313. The molecule has 4 heteroatoms. The SMILES string of the molecule is CC(C)/N=C1\C=C(C2=C/C(=N\C(C)C)c3ccccc3C2=O)C(=O)c2ccccc21. The number of carbonyl (C=O) groups is 2. The summed E-state index contributed by atoms with van der Waals surface area (Å²) < 4.78 is 0. The second kappa shape index (κ2) is 7.79. The van der Waals surface area contributed by atoms with Crippen molar-refractivity contribution < 1.29 is 9.59 Å². The first-order chi connectivity index (χ1) is 14.4. The molecule has 4 rings (SSSR count). The van der Waals surface area contributed by atoms with Crippen molar-refractivity contribution in [2.24, 2.45) is 9.98 Å². The van der Waals surface area contributed by atoms with Crippen LogP contribution in [0.4, 0.5) is 0 Å². The lowest BCUT2D eigenvalue weighted by Gasteiger charge is -2.23. The fourth-order valence-corrected chi connectivity index (χ4v) is 3.83. The number of benzene rings is 2. The summed E-state index contributed by atoms with van der Waals surface area (Å²) >= 11 is 0. The predicted molar refractivity (Wildman–Crippen MR) is 121 cm³/mol. The van der Waals surface area contributed by atoms with Gasteiger partial charge in [0.15, 0.2) is 11.6 Å². The Bertz CT molecular complexity index is 1080. The summed E-state index contributed by atoms with van der Waals surface area (Å²) in [6, 6.07) is 15.0. The van der Waals surface area contributed by atoms with Gasteiger partial charge in [-0.25, -0.2) is 0 Å². The molecule has 0 atom stereocenters. The quantitative estimate of drug-likeness (QED) is 0.731. The highest BCUT2D eigenvalue weighted by molar-refractivity contribution is 6.35. The van der Waals surface area contributed by atoms with Gasteiger partial charge in [0.05, 0.1) is 11.4 Å². The monoisotopic (exact) mass is 396 g/mol. The number of ketones is 2. The first-order valence-electron chi connectivity index (χ1n) is 10.2. The second-order valence-corrected chi connectivity index (χ2v) is 8.08. The Labute approximate surface area is 176 Å². The highest BCUT2D eigenvalue weighted by atomic mass is 16.1. The molecule has 150 valence electrons. The Hall–Kier alpha value is -3.40. The van der Waals surface area contributed by atoms with Gasteiger partial charge in [0, 0.05) is 45.5 Å². The van der Waals surface area contributed by atoms with Gasteiger partial charge in [-0.1, -0.05) is 48.5 Å². The Kier molecular flexibility index (Phi) is 5.17. The fourth-order valence-electron chi connectivity index (χ4n) is 3.83. The Morgan fingerprint density at radius 2 is 0.900 bits per heavy atom. The van der Waals surface area contributed by atoms with E-state index in [1.165, 1.54) is 0 Å². The zero-order valence-corrected chi connectivity index (χ0v) is 17.6. The lowest BCUT2D eigenvalue weighted by molar-refractivity contribution is 0.0996. The topological polar surface area (TPSA) is 58.9 Å². The summed E-state index contributed by atoms with van der Waals surface area (Å²) in [4.78, 5) is 36.2. The first-order valence-corrected chi connectivity index (χ1v) is 10.2. The standard InChI is InChI=1S/C26H24N2O2/c1-15(2)27-23-13-21(25(29)19-11-7-5-9-17(19)23)22-14-24(28-16(3)4)18-10-6-8-12-20(18)26(22)30/h5-16H,1-4H3/b27-23+,28-24+. The third kappa shape index (κ3) is 3.50. The lowest BCUT2D eigenvalue weighted by Crippen LogP contribution is -2.26. The van der Waals surface area contributed by atoms with Crippen LogP contribution in [-0.2, 0) is 0 Å². The maximum atomic E-state index is 13.4. The van der Waals surface area contributed by atoms with Crippen LogP contribution < -0.4 is 0 Å². The van der Waals surface area contributed by atoms with Crippen LogP contribution in [-0.4, -0.2) is 35.1 Å². The molecule has 0 heterocycles. The third-order valence-corrected chi connectivity index (χ3v) is 5.03. The van der Waals surface area contributed by atoms with E-state index >= 15 is 0 Å². The molecule has 2 aromatic rings. The van der Waals surface area contributed by atoms with E-state index < -0.39 is 0 Å². The van der Waals surface area contributed by atoms with Gasteiger partial charge in [0.1, 0.15) is 0 Å². The molecule has 0 bridgehead atoms. The average Bonchev–Trinajstić information content (AvgIpc) is 2.72. The minimum Gasteiger partial charge on any atom is -0.289 e. The van der Waals surface area contributed by atoms with Gasteiger partial charge in [-0.3, -0.25) is 19.6 Å². The van der Waals surface area contributed by atoms with Gasteiger partial charge in [-0.15, -0.1) is 0 Å². The molecule has 0 fully saturated rings. The van der Waals surface area contributed by atoms with E-state index in [1.807, 2.05) is 64.1 Å². The number of hydrogen-bond donors (Lipinski definition) is 0. The number of allylic oxidation sites excluding steroid dienone is 4. The molecule has 0 aromatic heterocycles. The normalized spacial score (nSPS) is 18.6. The van der Waals surface area contributed by atoms with E-state index in [2.05, 4.69) is 0 Å². The number of Topliss-reactive ketones (excluding diaryl/α,β-unsaturated/α-hetero) is 2. The number of nitrogens with zero attached hydrogens (tertiary/aromatic N) is 2. The van der Waals surface area contributed by atoms with Gasteiger partial charge >= 0.3 is 0 Å². The van der Waals surface area contributed by atoms with Crippen LogP contribution in [0.15, 0.2) is 81.8 Å². The van der Waals surface area contributed by atoms with Crippen LogP contribution in [0.5, 0.6) is 0 Å². The molecule has 2 aromatic carbocycles. The van der Waals surface area contributed by atoms with E-state index in [0.29, 0.717) is 22.3 Å². The molecule has 0 aliphatic heterocycles. The van der Waals surface area contributed by atoms with Crippen molar-refractivity contribution in [1.29, 1.82) is 0 Å². The summed E-state index contributed by atoms with van der Waals surface area (Å²) in [5.41, 5.74) is 4.97. The molecular formula is C26H24N2O2. The summed E-state index contributed by atoms with van der Waals surface area (Å²) in [6.45, 7) is 7.98. The van der Waals surface area contributed by atoms with Crippen molar-refractivity contribution in [3.8, 4) is 0 Å². The maximum absolute atomic E-state index is 13.4. The number of carbonyl (C=O) groups excluding carboxylic acids is 2. The maximum Gasteiger partial charge on any atom is 0.194 e. The third-order valence-electron chi connectivity index (χ3n) is 5.03. The largest absolute Gasteiger partial charge is 0.289 e. The van der Waals surface area contributed by atoms with E-state index in [1.54, 1.807) is 24.3 Å². The lowest BCUT2D eigenvalue weighted by atomic mass is 9.79. The first kappa shape index (κ1) is 19.9. The summed E-state index contributed by atoms with van der Waals surface area (Å²) in [5, 5.41) is 0. The number of rotatable bonds is 3. The van der Waals surface area contributed by atoms with Gasteiger partial charge in [0.25, 0.3) is 0 Å². The Morgan fingerprint density at radius 1 is 0.567 bits per heavy atom. The van der Waals surface area contributed by atoms with Crippen LogP contribution in [0.2, 0.25) is 0 Å². The van der Waals surface area contributed by atoms with Crippen LogP contribution in [0.25, 0.3) is 0 Å². The van der Waals surface area contributed by atoms with Crippen molar-refractivity contribution in [1.82, 2.24) is 0 Å². The molecule has 0 radical (unpaired) electrons. The van der Waals surface area contributed by atoms with E-state index in [-0.39, 0.29) is 23.7 Å². The molecule has 0 saturated heterocycles. The Morgan fingerprint density at radius 3 is 1.23 bits per heavy atom. The van der Waals surface area contributed by atoms with Gasteiger partial charge in [-0.05, 0) is 39.8 Å². The number of hydrogen-bond acceptors (Lipinski definition) is 4. The zero-order valence-electron chi connectivity index (χ0n) is 17.6. The molecule has 0 unspecified atom stereocenters. The minimum absolute atomic E-state index is 0.0635. The zero-order chi connectivity index (χ0) is 21.4.